The van der Waals surface area contributed by atoms with Gasteiger partial charge in [-0.1, -0.05) is 6.07 Å². The Balaban J connectivity index is 2.08. The van der Waals surface area contributed by atoms with Crippen LogP contribution >= 0.6 is 0 Å². The summed E-state index contributed by atoms with van der Waals surface area (Å²) in [7, 11) is 3.74. The van der Waals surface area contributed by atoms with E-state index in [1.165, 1.54) is 23.1 Å². The van der Waals surface area contributed by atoms with E-state index in [1.807, 2.05) is 19.0 Å². The molecule has 0 aromatic heterocycles. The standard InChI is InChI=1S/C16H15N3O4/c1-17(2)7-8-18-15(20)13-5-3-10-9-11(19(22)23)4-6-12(10)14(13)16(18)21/h3-6,9H,7-8H2,1-2H3. The molecule has 1 aliphatic rings. The Hall–Kier alpha value is -2.80. The zero-order valence-corrected chi connectivity index (χ0v) is 12.8. The highest BCUT2D eigenvalue weighted by molar-refractivity contribution is 6.26. The van der Waals surface area contributed by atoms with Gasteiger partial charge in [-0.2, -0.15) is 0 Å². The number of nitrogens with zero attached hydrogens (tertiary/aromatic N) is 3. The number of nitro benzene ring substituents is 1. The van der Waals surface area contributed by atoms with E-state index >= 15 is 0 Å². The summed E-state index contributed by atoms with van der Waals surface area (Å²) in [5.74, 6) is -0.654. The van der Waals surface area contributed by atoms with Crippen LogP contribution in [0.15, 0.2) is 30.3 Å². The molecule has 1 heterocycles. The molecule has 0 saturated heterocycles. The second-order valence-corrected chi connectivity index (χ2v) is 5.72. The minimum Gasteiger partial charge on any atom is -0.308 e. The predicted octanol–water partition coefficient (Wildman–Crippen LogP) is 1.91. The maximum Gasteiger partial charge on any atom is 0.270 e. The predicted molar refractivity (Wildman–Crippen MR) is 84.5 cm³/mol. The van der Waals surface area contributed by atoms with Crippen molar-refractivity contribution in [2.24, 2.45) is 0 Å². The van der Waals surface area contributed by atoms with Gasteiger partial charge in [-0.25, -0.2) is 0 Å². The van der Waals surface area contributed by atoms with Crippen molar-refractivity contribution in [3.8, 4) is 0 Å². The van der Waals surface area contributed by atoms with Gasteiger partial charge in [0.1, 0.15) is 0 Å². The number of rotatable bonds is 4. The summed E-state index contributed by atoms with van der Waals surface area (Å²) in [5, 5.41) is 12.0. The minimum atomic E-state index is -0.483. The van der Waals surface area contributed by atoms with Crippen LogP contribution in [0.1, 0.15) is 20.7 Å². The molecule has 0 unspecified atom stereocenters. The van der Waals surface area contributed by atoms with Gasteiger partial charge in [0, 0.05) is 25.2 Å². The molecule has 0 radical (unpaired) electrons. The summed E-state index contributed by atoms with van der Waals surface area (Å²) in [5.41, 5.74) is 0.648. The van der Waals surface area contributed by atoms with Crippen LogP contribution in [-0.4, -0.2) is 53.7 Å². The van der Waals surface area contributed by atoms with Crippen LogP contribution in [-0.2, 0) is 0 Å². The first-order valence-corrected chi connectivity index (χ1v) is 7.12. The normalized spacial score (nSPS) is 14.0. The summed E-state index contributed by atoms with van der Waals surface area (Å²) in [6.45, 7) is 0.892. The summed E-state index contributed by atoms with van der Waals surface area (Å²) in [6.07, 6.45) is 0. The second-order valence-electron chi connectivity index (χ2n) is 5.72. The van der Waals surface area contributed by atoms with Crippen molar-refractivity contribution >= 4 is 28.3 Å². The number of hydrogen-bond acceptors (Lipinski definition) is 5. The second kappa shape index (κ2) is 5.44. The van der Waals surface area contributed by atoms with Gasteiger partial charge in [-0.3, -0.25) is 24.6 Å². The first-order valence-electron chi connectivity index (χ1n) is 7.12. The molecule has 3 rings (SSSR count). The van der Waals surface area contributed by atoms with Crippen LogP contribution in [0.3, 0.4) is 0 Å². The molecule has 2 aromatic carbocycles. The first kappa shape index (κ1) is 15.1. The fourth-order valence-corrected chi connectivity index (χ4v) is 2.72. The van der Waals surface area contributed by atoms with Crippen LogP contribution in [0.2, 0.25) is 0 Å². The van der Waals surface area contributed by atoms with Crippen LogP contribution in [0.4, 0.5) is 5.69 Å². The van der Waals surface area contributed by atoms with Crippen molar-refractivity contribution in [3.05, 3.63) is 51.6 Å². The van der Waals surface area contributed by atoms with Crippen molar-refractivity contribution in [1.82, 2.24) is 9.80 Å². The van der Waals surface area contributed by atoms with E-state index in [2.05, 4.69) is 0 Å². The van der Waals surface area contributed by atoms with E-state index in [4.69, 9.17) is 0 Å². The number of imide groups is 1. The molecule has 0 atom stereocenters. The number of likely N-dealkylation sites (N-methyl/N-ethyl adjacent to an activating group) is 1. The zero-order chi connectivity index (χ0) is 16.7. The molecule has 0 saturated carbocycles. The summed E-state index contributed by atoms with van der Waals surface area (Å²) < 4.78 is 0. The fourth-order valence-electron chi connectivity index (χ4n) is 2.72. The molecular formula is C16H15N3O4. The quantitative estimate of drug-likeness (QED) is 0.489. The number of nitro groups is 1. The van der Waals surface area contributed by atoms with E-state index in [0.29, 0.717) is 35.0 Å². The summed E-state index contributed by atoms with van der Waals surface area (Å²) in [4.78, 5) is 38.5. The molecule has 2 amide bonds. The molecule has 0 spiro atoms. The SMILES string of the molecule is CN(C)CCN1C(=O)c2ccc3cc([N+](=O)[O-])ccc3c2C1=O. The monoisotopic (exact) mass is 313 g/mol. The molecule has 7 nitrogen and oxygen atoms in total. The van der Waals surface area contributed by atoms with Crippen molar-refractivity contribution in [3.63, 3.8) is 0 Å². The third kappa shape index (κ3) is 2.44. The molecule has 23 heavy (non-hydrogen) atoms. The lowest BCUT2D eigenvalue weighted by Crippen LogP contribution is -2.35. The van der Waals surface area contributed by atoms with Crippen molar-refractivity contribution in [1.29, 1.82) is 0 Å². The lowest BCUT2D eigenvalue weighted by atomic mass is 10.00. The molecule has 0 aliphatic carbocycles. The van der Waals surface area contributed by atoms with E-state index in [-0.39, 0.29) is 17.5 Å². The maximum atomic E-state index is 12.6. The number of fused-ring (bicyclic) bond motifs is 3. The summed E-state index contributed by atoms with van der Waals surface area (Å²) >= 11 is 0. The zero-order valence-electron chi connectivity index (χ0n) is 12.8. The van der Waals surface area contributed by atoms with Crippen molar-refractivity contribution in [2.75, 3.05) is 27.2 Å². The Bertz CT molecular complexity index is 845. The molecule has 0 fully saturated rings. The highest BCUT2D eigenvalue weighted by atomic mass is 16.6. The van der Waals surface area contributed by atoms with Gasteiger partial charge >= 0.3 is 0 Å². The van der Waals surface area contributed by atoms with Crippen LogP contribution in [0.5, 0.6) is 0 Å². The average Bonchev–Trinajstić information content (AvgIpc) is 2.76. The number of hydrogen-bond donors (Lipinski definition) is 0. The molecule has 0 N–H and O–H groups in total. The van der Waals surface area contributed by atoms with Crippen LogP contribution < -0.4 is 0 Å². The van der Waals surface area contributed by atoms with Crippen molar-refractivity contribution in [2.45, 2.75) is 0 Å². The molecule has 2 aromatic rings. The summed E-state index contributed by atoms with van der Waals surface area (Å²) in [6, 6.07) is 7.50. The van der Waals surface area contributed by atoms with Gasteiger partial charge in [0.2, 0.25) is 0 Å². The highest BCUT2D eigenvalue weighted by Crippen LogP contribution is 2.32. The Labute approximate surface area is 132 Å². The topological polar surface area (TPSA) is 83.8 Å². The lowest BCUT2D eigenvalue weighted by molar-refractivity contribution is -0.384. The number of carbonyl (C=O) groups is 2. The largest absolute Gasteiger partial charge is 0.308 e. The Kier molecular flexibility index (Phi) is 3.57. The van der Waals surface area contributed by atoms with Gasteiger partial charge in [0.15, 0.2) is 0 Å². The van der Waals surface area contributed by atoms with Gasteiger partial charge in [-0.05, 0) is 37.0 Å². The third-order valence-corrected chi connectivity index (χ3v) is 3.92. The molecule has 7 heteroatoms. The number of non-ortho nitro benzene ring substituents is 1. The minimum absolute atomic E-state index is 0.0429. The Morgan fingerprint density at radius 2 is 1.87 bits per heavy atom. The Morgan fingerprint density at radius 3 is 2.52 bits per heavy atom. The molecular weight excluding hydrogens is 298 g/mol. The van der Waals surface area contributed by atoms with Gasteiger partial charge in [0.05, 0.1) is 16.1 Å². The maximum absolute atomic E-state index is 12.6. The molecule has 1 aliphatic heterocycles. The average molecular weight is 313 g/mol. The highest BCUT2D eigenvalue weighted by Gasteiger charge is 2.36. The fraction of sp³-hybridized carbons (Fsp3) is 0.250. The van der Waals surface area contributed by atoms with E-state index < -0.39 is 4.92 Å². The molecule has 0 bridgehead atoms. The first-order chi connectivity index (χ1) is 10.9. The van der Waals surface area contributed by atoms with Crippen molar-refractivity contribution < 1.29 is 14.5 Å². The van der Waals surface area contributed by atoms with Gasteiger partial charge in [-0.15, -0.1) is 0 Å². The number of amides is 2. The van der Waals surface area contributed by atoms with Crippen LogP contribution in [0.25, 0.3) is 10.8 Å². The Morgan fingerprint density at radius 1 is 1.13 bits per heavy atom. The lowest BCUT2D eigenvalue weighted by Gasteiger charge is -2.16. The number of benzene rings is 2. The van der Waals surface area contributed by atoms with Crippen LogP contribution in [0, 0.1) is 10.1 Å². The van der Waals surface area contributed by atoms with Gasteiger partial charge < -0.3 is 4.90 Å². The molecule has 118 valence electrons. The third-order valence-electron chi connectivity index (χ3n) is 3.92. The van der Waals surface area contributed by atoms with Gasteiger partial charge in [0.25, 0.3) is 17.5 Å². The van der Waals surface area contributed by atoms with E-state index in [0.717, 1.165) is 0 Å². The van der Waals surface area contributed by atoms with E-state index in [9.17, 15) is 19.7 Å². The van der Waals surface area contributed by atoms with E-state index in [1.54, 1.807) is 12.1 Å². The number of carbonyl (C=O) groups excluding carboxylic acids is 2. The smallest absolute Gasteiger partial charge is 0.270 e.